The van der Waals surface area contributed by atoms with Crippen LogP contribution in [0, 0.1) is 5.95 Å². The maximum absolute atomic E-state index is 13.1. The van der Waals surface area contributed by atoms with Gasteiger partial charge >= 0.3 is 5.97 Å². The number of ether oxygens (including phenoxy) is 1. The van der Waals surface area contributed by atoms with Gasteiger partial charge in [0.2, 0.25) is 5.95 Å². The Morgan fingerprint density at radius 3 is 2.71 bits per heavy atom. The summed E-state index contributed by atoms with van der Waals surface area (Å²) in [4.78, 5) is 14.5. The molecule has 0 bridgehead atoms. The summed E-state index contributed by atoms with van der Waals surface area (Å²) in [5, 5.41) is 0. The first-order chi connectivity index (χ1) is 8.02. The Kier molecular flexibility index (Phi) is 4.74. The molecule has 1 rings (SSSR count). The van der Waals surface area contributed by atoms with Gasteiger partial charge in [0.15, 0.2) is 0 Å². The number of rotatable bonds is 4. The van der Waals surface area contributed by atoms with Gasteiger partial charge in [-0.2, -0.15) is 4.39 Å². The number of hydrogen-bond donors (Lipinski definition) is 0. The third-order valence-corrected chi connectivity index (χ3v) is 2.29. The zero-order chi connectivity index (χ0) is 13.0. The third kappa shape index (κ3) is 2.88. The summed E-state index contributed by atoms with van der Waals surface area (Å²) in [6.45, 7) is 1.63. The van der Waals surface area contributed by atoms with Crippen molar-refractivity contribution >= 4 is 17.6 Å². The average Bonchev–Trinajstić information content (AvgIpc) is 2.27. The Balaban J connectivity index is 3.32. The first-order valence-corrected chi connectivity index (χ1v) is 5.24. The second-order valence-electron chi connectivity index (χ2n) is 3.01. The second-order valence-corrected chi connectivity index (χ2v) is 3.28. The molecule has 0 aliphatic heterocycles. The molecule has 0 aromatic carbocycles. The molecule has 0 N–H and O–H groups in total. The van der Waals surface area contributed by atoms with Crippen LogP contribution in [-0.4, -0.2) is 17.6 Å². The number of hydrogen-bond acceptors (Lipinski definition) is 3. The summed E-state index contributed by atoms with van der Waals surface area (Å²) < 4.78 is 43.0. The average molecular weight is 268 g/mol. The summed E-state index contributed by atoms with van der Waals surface area (Å²) in [5.41, 5.74) is -1.48. The fourth-order valence-corrected chi connectivity index (χ4v) is 1.58. The lowest BCUT2D eigenvalue weighted by atomic mass is 10.1. The van der Waals surface area contributed by atoms with Gasteiger partial charge in [0.1, 0.15) is 0 Å². The van der Waals surface area contributed by atoms with Crippen molar-refractivity contribution < 1.29 is 22.7 Å². The van der Waals surface area contributed by atoms with Gasteiger partial charge in [-0.1, -0.05) is 0 Å². The molecule has 1 aromatic heterocycles. The number of carbonyl (C=O) groups excluding carboxylic acids is 1. The van der Waals surface area contributed by atoms with E-state index in [2.05, 4.69) is 9.72 Å². The van der Waals surface area contributed by atoms with Gasteiger partial charge in [-0.3, -0.25) is 0 Å². The van der Waals surface area contributed by atoms with Crippen LogP contribution >= 0.6 is 11.6 Å². The van der Waals surface area contributed by atoms with Crippen LogP contribution in [0.2, 0.25) is 0 Å². The van der Waals surface area contributed by atoms with Gasteiger partial charge in [-0.25, -0.2) is 18.6 Å². The molecule has 94 valence electrons. The topological polar surface area (TPSA) is 39.2 Å². The SMILES string of the molecule is CCOC(=O)c1cnc(F)c(C(F)F)c1CCl. The quantitative estimate of drug-likeness (QED) is 0.478. The minimum absolute atomic E-state index is 0.0714. The lowest BCUT2D eigenvalue weighted by molar-refractivity contribution is 0.0524. The zero-order valence-corrected chi connectivity index (χ0v) is 9.60. The van der Waals surface area contributed by atoms with Crippen molar-refractivity contribution in [2.24, 2.45) is 0 Å². The molecule has 0 fully saturated rings. The summed E-state index contributed by atoms with van der Waals surface area (Å²) in [6.07, 6.45) is -2.25. The Labute approximate surface area is 101 Å². The molecule has 0 amide bonds. The molecule has 0 atom stereocenters. The van der Waals surface area contributed by atoms with Crippen LogP contribution in [0.15, 0.2) is 6.20 Å². The highest BCUT2D eigenvalue weighted by Gasteiger charge is 2.25. The largest absolute Gasteiger partial charge is 0.462 e. The van der Waals surface area contributed by atoms with Crippen molar-refractivity contribution in [3.8, 4) is 0 Å². The molecular formula is C10H9ClF3NO2. The van der Waals surface area contributed by atoms with Crippen molar-refractivity contribution in [1.82, 2.24) is 4.98 Å². The van der Waals surface area contributed by atoms with E-state index in [1.165, 1.54) is 0 Å². The third-order valence-electron chi connectivity index (χ3n) is 2.03. The number of nitrogens with zero attached hydrogens (tertiary/aromatic N) is 1. The van der Waals surface area contributed by atoms with E-state index in [-0.39, 0.29) is 17.7 Å². The van der Waals surface area contributed by atoms with Crippen molar-refractivity contribution in [2.75, 3.05) is 6.61 Å². The van der Waals surface area contributed by atoms with E-state index in [0.717, 1.165) is 6.20 Å². The van der Waals surface area contributed by atoms with Gasteiger partial charge in [-0.15, -0.1) is 11.6 Å². The number of halogens is 4. The zero-order valence-electron chi connectivity index (χ0n) is 8.84. The predicted octanol–water partition coefficient (Wildman–Crippen LogP) is 3.07. The Hall–Kier alpha value is -1.30. The number of alkyl halides is 3. The summed E-state index contributed by atoms with van der Waals surface area (Å²) in [5.74, 6) is -2.60. The van der Waals surface area contributed by atoms with Crippen LogP contribution in [0.3, 0.4) is 0 Å². The van der Waals surface area contributed by atoms with Crippen LogP contribution in [0.4, 0.5) is 13.2 Å². The monoisotopic (exact) mass is 267 g/mol. The number of esters is 1. The van der Waals surface area contributed by atoms with Crippen molar-refractivity contribution in [3.63, 3.8) is 0 Å². The summed E-state index contributed by atoms with van der Waals surface area (Å²) >= 11 is 5.46. The van der Waals surface area contributed by atoms with E-state index < -0.39 is 29.8 Å². The fourth-order valence-electron chi connectivity index (χ4n) is 1.29. The van der Waals surface area contributed by atoms with Crippen molar-refractivity contribution in [3.05, 3.63) is 28.8 Å². The van der Waals surface area contributed by atoms with Gasteiger partial charge < -0.3 is 4.74 Å². The maximum atomic E-state index is 13.1. The number of pyridine rings is 1. The van der Waals surface area contributed by atoms with E-state index in [4.69, 9.17) is 11.6 Å². The number of aromatic nitrogens is 1. The first-order valence-electron chi connectivity index (χ1n) is 4.71. The fraction of sp³-hybridized carbons (Fsp3) is 0.400. The minimum atomic E-state index is -3.09. The van der Waals surface area contributed by atoms with Crippen LogP contribution < -0.4 is 0 Å². The smallest absolute Gasteiger partial charge is 0.340 e. The van der Waals surface area contributed by atoms with Crippen molar-refractivity contribution in [1.29, 1.82) is 0 Å². The second kappa shape index (κ2) is 5.86. The Bertz CT molecular complexity index is 426. The van der Waals surface area contributed by atoms with E-state index in [1.807, 2.05) is 0 Å². The molecule has 0 unspecified atom stereocenters. The van der Waals surface area contributed by atoms with Gasteiger partial charge in [-0.05, 0) is 12.5 Å². The highest BCUT2D eigenvalue weighted by molar-refractivity contribution is 6.17. The van der Waals surface area contributed by atoms with Crippen molar-refractivity contribution in [2.45, 2.75) is 19.2 Å². The Morgan fingerprint density at radius 1 is 1.59 bits per heavy atom. The molecule has 7 heteroatoms. The molecule has 0 aliphatic carbocycles. The summed E-state index contributed by atoms with van der Waals surface area (Å²) in [6, 6.07) is 0. The molecule has 17 heavy (non-hydrogen) atoms. The summed E-state index contributed by atoms with van der Waals surface area (Å²) in [7, 11) is 0. The maximum Gasteiger partial charge on any atom is 0.340 e. The molecule has 3 nitrogen and oxygen atoms in total. The molecular weight excluding hydrogens is 259 g/mol. The highest BCUT2D eigenvalue weighted by atomic mass is 35.5. The standard InChI is InChI=1S/C10H9ClF3NO2/c1-2-17-10(16)6-4-15-9(14)7(8(12)13)5(6)3-11/h4,8H,2-3H2,1H3. The normalized spacial score (nSPS) is 10.7. The minimum Gasteiger partial charge on any atom is -0.462 e. The van der Waals surface area contributed by atoms with E-state index in [1.54, 1.807) is 6.92 Å². The molecule has 0 saturated carbocycles. The molecule has 0 radical (unpaired) electrons. The van der Waals surface area contributed by atoms with Gasteiger partial charge in [0, 0.05) is 12.1 Å². The molecule has 1 aromatic rings. The Morgan fingerprint density at radius 2 is 2.24 bits per heavy atom. The number of carbonyl (C=O) groups is 1. The van der Waals surface area contributed by atoms with E-state index in [0.29, 0.717) is 0 Å². The van der Waals surface area contributed by atoms with Crippen LogP contribution in [0.1, 0.15) is 34.8 Å². The predicted molar refractivity (Wildman–Crippen MR) is 54.7 cm³/mol. The molecule has 1 heterocycles. The molecule has 0 aliphatic rings. The van der Waals surface area contributed by atoms with E-state index >= 15 is 0 Å². The van der Waals surface area contributed by atoms with Gasteiger partial charge in [0.05, 0.1) is 17.7 Å². The van der Waals surface area contributed by atoms with Crippen LogP contribution in [0.25, 0.3) is 0 Å². The lowest BCUT2D eigenvalue weighted by Gasteiger charge is -2.11. The van der Waals surface area contributed by atoms with E-state index in [9.17, 15) is 18.0 Å². The first kappa shape index (κ1) is 13.8. The highest BCUT2D eigenvalue weighted by Crippen LogP contribution is 2.28. The molecule has 0 spiro atoms. The lowest BCUT2D eigenvalue weighted by Crippen LogP contribution is -2.12. The molecule has 0 saturated heterocycles. The van der Waals surface area contributed by atoms with Crippen LogP contribution in [0.5, 0.6) is 0 Å². The van der Waals surface area contributed by atoms with Crippen LogP contribution in [-0.2, 0) is 10.6 Å². The van der Waals surface area contributed by atoms with Gasteiger partial charge in [0.25, 0.3) is 6.43 Å².